The van der Waals surface area contributed by atoms with Gasteiger partial charge in [-0.3, -0.25) is 9.88 Å². The molecule has 1 N–H and O–H groups in total. The molecular formula is C11H17N3O2S. The number of rotatable bonds is 3. The molecule has 1 aliphatic rings. The van der Waals surface area contributed by atoms with Crippen LogP contribution in [0.15, 0.2) is 18.3 Å². The molecule has 2 rings (SSSR count). The summed E-state index contributed by atoms with van der Waals surface area (Å²) in [7, 11) is -0.928. The largest absolute Gasteiger partial charge is 0.388 e. The van der Waals surface area contributed by atoms with Crippen LogP contribution in [-0.4, -0.2) is 49.9 Å². The predicted molar refractivity (Wildman–Crippen MR) is 67.7 cm³/mol. The van der Waals surface area contributed by atoms with E-state index in [1.807, 2.05) is 19.2 Å². The maximum atomic E-state index is 11.3. The summed E-state index contributed by atoms with van der Waals surface area (Å²) in [6.45, 7) is 1.92. The quantitative estimate of drug-likeness (QED) is 0.844. The van der Waals surface area contributed by atoms with Crippen molar-refractivity contribution < 1.29 is 8.42 Å². The number of nitrogens with zero attached hydrogens (tertiary/aromatic N) is 2. The van der Waals surface area contributed by atoms with Crippen molar-refractivity contribution in [2.45, 2.75) is 6.54 Å². The lowest BCUT2D eigenvalue weighted by molar-refractivity contribution is 0.284. The van der Waals surface area contributed by atoms with Crippen molar-refractivity contribution >= 4 is 15.5 Å². The van der Waals surface area contributed by atoms with Crippen LogP contribution in [0, 0.1) is 0 Å². The van der Waals surface area contributed by atoms with Gasteiger partial charge >= 0.3 is 0 Å². The van der Waals surface area contributed by atoms with E-state index in [2.05, 4.69) is 15.2 Å². The van der Waals surface area contributed by atoms with E-state index in [1.165, 1.54) is 0 Å². The lowest BCUT2D eigenvalue weighted by Gasteiger charge is -2.26. The van der Waals surface area contributed by atoms with Gasteiger partial charge in [0.2, 0.25) is 0 Å². The molecule has 5 nitrogen and oxygen atoms in total. The second-order valence-corrected chi connectivity index (χ2v) is 6.52. The molecule has 0 radical (unpaired) electrons. The van der Waals surface area contributed by atoms with Gasteiger partial charge in [0, 0.05) is 38.6 Å². The van der Waals surface area contributed by atoms with E-state index in [0.29, 0.717) is 19.6 Å². The predicted octanol–water partition coefficient (Wildman–Crippen LogP) is 0.354. The average molecular weight is 255 g/mol. The molecule has 0 bridgehead atoms. The van der Waals surface area contributed by atoms with Gasteiger partial charge in [-0.1, -0.05) is 0 Å². The molecule has 0 spiro atoms. The maximum absolute atomic E-state index is 11.3. The summed E-state index contributed by atoms with van der Waals surface area (Å²) in [5.41, 5.74) is 2.00. The minimum atomic E-state index is -2.80. The molecule has 2 heterocycles. The second-order valence-electron chi connectivity index (χ2n) is 4.21. The van der Waals surface area contributed by atoms with Crippen LogP contribution in [0.5, 0.6) is 0 Å². The van der Waals surface area contributed by atoms with Crippen LogP contribution in [-0.2, 0) is 16.4 Å². The number of aromatic nitrogens is 1. The first-order chi connectivity index (χ1) is 8.09. The number of sulfone groups is 1. The second kappa shape index (κ2) is 5.01. The number of hydrogen-bond acceptors (Lipinski definition) is 5. The van der Waals surface area contributed by atoms with Crippen molar-refractivity contribution in [2.24, 2.45) is 0 Å². The van der Waals surface area contributed by atoms with E-state index in [0.717, 1.165) is 11.4 Å². The Morgan fingerprint density at radius 1 is 1.41 bits per heavy atom. The third kappa shape index (κ3) is 3.41. The fourth-order valence-electron chi connectivity index (χ4n) is 1.86. The van der Waals surface area contributed by atoms with Crippen molar-refractivity contribution in [1.29, 1.82) is 0 Å². The third-order valence-corrected chi connectivity index (χ3v) is 4.54. The molecule has 1 aliphatic heterocycles. The molecular weight excluding hydrogens is 238 g/mol. The first-order valence-electron chi connectivity index (χ1n) is 5.64. The molecule has 1 fully saturated rings. The molecule has 1 aromatic rings. The number of nitrogens with one attached hydrogen (secondary N) is 1. The molecule has 94 valence electrons. The molecule has 0 aromatic carbocycles. The van der Waals surface area contributed by atoms with Crippen LogP contribution >= 0.6 is 0 Å². The summed E-state index contributed by atoms with van der Waals surface area (Å²) in [5.74, 6) is 0.525. The van der Waals surface area contributed by atoms with Crippen LogP contribution < -0.4 is 5.32 Å². The fourth-order valence-corrected chi connectivity index (χ4v) is 3.13. The van der Waals surface area contributed by atoms with Gasteiger partial charge in [0.05, 0.1) is 17.2 Å². The summed E-state index contributed by atoms with van der Waals surface area (Å²) < 4.78 is 22.6. The number of pyridine rings is 1. The van der Waals surface area contributed by atoms with Crippen LogP contribution in [0.1, 0.15) is 5.69 Å². The van der Waals surface area contributed by atoms with Crippen molar-refractivity contribution in [3.63, 3.8) is 0 Å². The highest BCUT2D eigenvalue weighted by Crippen LogP contribution is 2.11. The molecule has 0 aliphatic carbocycles. The van der Waals surface area contributed by atoms with Gasteiger partial charge in [0.25, 0.3) is 0 Å². The molecule has 6 heteroatoms. The zero-order chi connectivity index (χ0) is 12.3. The highest BCUT2D eigenvalue weighted by molar-refractivity contribution is 7.91. The lowest BCUT2D eigenvalue weighted by atomic mass is 10.3. The van der Waals surface area contributed by atoms with Gasteiger partial charge in [0.15, 0.2) is 9.84 Å². The Bertz CT molecular complexity index is 473. The Morgan fingerprint density at radius 3 is 2.76 bits per heavy atom. The Hall–Kier alpha value is -1.14. The summed E-state index contributed by atoms with van der Waals surface area (Å²) in [6, 6.07) is 3.90. The molecule has 0 unspecified atom stereocenters. The standard InChI is InChI=1S/C11H17N3O2S/c1-12-10-2-3-13-11(8-10)9-14-4-6-17(15,16)7-5-14/h2-3,8H,4-7,9H2,1H3,(H,12,13). The summed E-state index contributed by atoms with van der Waals surface area (Å²) >= 11 is 0. The van der Waals surface area contributed by atoms with E-state index >= 15 is 0 Å². The first-order valence-corrected chi connectivity index (χ1v) is 7.47. The van der Waals surface area contributed by atoms with E-state index in [4.69, 9.17) is 0 Å². The van der Waals surface area contributed by atoms with E-state index in [1.54, 1.807) is 6.20 Å². The minimum Gasteiger partial charge on any atom is -0.388 e. The topological polar surface area (TPSA) is 62.3 Å². The summed E-state index contributed by atoms with van der Waals surface area (Å²) in [6.07, 6.45) is 1.77. The Morgan fingerprint density at radius 2 is 2.12 bits per heavy atom. The Kier molecular flexibility index (Phi) is 3.63. The smallest absolute Gasteiger partial charge is 0.152 e. The minimum absolute atomic E-state index is 0.263. The van der Waals surface area contributed by atoms with Gasteiger partial charge in [0.1, 0.15) is 0 Å². The highest BCUT2D eigenvalue weighted by atomic mass is 32.2. The summed E-state index contributed by atoms with van der Waals surface area (Å²) in [4.78, 5) is 6.41. The Balaban J connectivity index is 1.97. The van der Waals surface area contributed by atoms with Gasteiger partial charge in [-0.05, 0) is 12.1 Å². The molecule has 1 aromatic heterocycles. The van der Waals surface area contributed by atoms with Crippen molar-refractivity contribution in [1.82, 2.24) is 9.88 Å². The van der Waals surface area contributed by atoms with E-state index in [9.17, 15) is 8.42 Å². The van der Waals surface area contributed by atoms with Crippen LogP contribution in [0.25, 0.3) is 0 Å². The van der Waals surface area contributed by atoms with Crippen molar-refractivity contribution in [3.8, 4) is 0 Å². The zero-order valence-electron chi connectivity index (χ0n) is 9.89. The molecule has 0 saturated carbocycles. The monoisotopic (exact) mass is 255 g/mol. The molecule has 17 heavy (non-hydrogen) atoms. The van der Waals surface area contributed by atoms with Crippen LogP contribution in [0.3, 0.4) is 0 Å². The molecule has 0 atom stereocenters. The highest BCUT2D eigenvalue weighted by Gasteiger charge is 2.21. The van der Waals surface area contributed by atoms with Crippen LogP contribution in [0.2, 0.25) is 0 Å². The van der Waals surface area contributed by atoms with E-state index < -0.39 is 9.84 Å². The first kappa shape index (κ1) is 12.3. The number of hydrogen-bond donors (Lipinski definition) is 1. The van der Waals surface area contributed by atoms with E-state index in [-0.39, 0.29) is 11.5 Å². The van der Waals surface area contributed by atoms with Gasteiger partial charge in [-0.2, -0.15) is 0 Å². The third-order valence-electron chi connectivity index (χ3n) is 2.93. The zero-order valence-corrected chi connectivity index (χ0v) is 10.7. The Labute approximate surface area is 102 Å². The average Bonchev–Trinajstić information content (AvgIpc) is 2.32. The fraction of sp³-hybridized carbons (Fsp3) is 0.545. The van der Waals surface area contributed by atoms with Crippen molar-refractivity contribution in [2.75, 3.05) is 37.0 Å². The molecule has 0 amide bonds. The maximum Gasteiger partial charge on any atom is 0.152 e. The number of anilines is 1. The van der Waals surface area contributed by atoms with Crippen molar-refractivity contribution in [3.05, 3.63) is 24.0 Å². The molecule has 1 saturated heterocycles. The summed E-state index contributed by atoms with van der Waals surface area (Å²) in [5, 5.41) is 3.06. The lowest BCUT2D eigenvalue weighted by Crippen LogP contribution is -2.39. The van der Waals surface area contributed by atoms with Gasteiger partial charge in [-0.25, -0.2) is 8.42 Å². The van der Waals surface area contributed by atoms with Crippen LogP contribution in [0.4, 0.5) is 5.69 Å². The normalized spacial score (nSPS) is 20.1. The van der Waals surface area contributed by atoms with Gasteiger partial charge < -0.3 is 5.32 Å². The van der Waals surface area contributed by atoms with Gasteiger partial charge in [-0.15, -0.1) is 0 Å². The SMILES string of the molecule is CNc1ccnc(CN2CCS(=O)(=O)CC2)c1.